The number of hydrogen-bond donors (Lipinski definition) is 0. The molecule has 0 bridgehead atoms. The third-order valence-corrected chi connectivity index (χ3v) is 14.9. The van der Waals surface area contributed by atoms with Crippen LogP contribution in [0.2, 0.25) is 0 Å². The molecule has 0 saturated heterocycles. The zero-order valence-corrected chi connectivity index (χ0v) is 30.5. The number of pyridine rings is 1. The van der Waals surface area contributed by atoms with Gasteiger partial charge in [0, 0.05) is 40.0 Å². The molecule has 10 rings (SSSR count). The normalized spacial score (nSPS) is 11.6. The van der Waals surface area contributed by atoms with Crippen molar-refractivity contribution in [2.75, 3.05) is 0 Å². The maximum absolute atomic E-state index is 4.50. The van der Waals surface area contributed by atoms with Crippen LogP contribution >= 0.6 is 0 Å². The van der Waals surface area contributed by atoms with Gasteiger partial charge in [-0.15, -0.1) is 5.54 Å². The van der Waals surface area contributed by atoms with Crippen molar-refractivity contribution in [1.29, 1.82) is 0 Å². The molecular weight excluding hydrogens is 669 g/mol. The molecule has 0 fully saturated rings. The third-order valence-electron chi connectivity index (χ3n) is 10.8. The molecule has 0 N–H and O–H groups in total. The molecule has 0 atom stereocenters. The second-order valence-corrected chi connectivity index (χ2v) is 17.2. The second kappa shape index (κ2) is 13.2. The van der Waals surface area contributed by atoms with Gasteiger partial charge in [0.05, 0.1) is 11.0 Å². The minimum atomic E-state index is -3.01. The van der Waals surface area contributed by atoms with Gasteiger partial charge in [0.15, 0.2) is 0 Å². The van der Waals surface area contributed by atoms with Gasteiger partial charge in [-0.1, -0.05) is 170 Å². The van der Waals surface area contributed by atoms with Gasteiger partial charge in [-0.2, -0.15) is 0 Å². The maximum atomic E-state index is 4.50. The van der Waals surface area contributed by atoms with E-state index in [9.17, 15) is 0 Å². The lowest BCUT2D eigenvalue weighted by Gasteiger charge is -2.28. The van der Waals surface area contributed by atoms with Crippen molar-refractivity contribution in [3.05, 3.63) is 212 Å². The van der Waals surface area contributed by atoms with E-state index < -0.39 is 8.07 Å². The fourth-order valence-electron chi connectivity index (χ4n) is 8.40. The molecule has 0 saturated carbocycles. The van der Waals surface area contributed by atoms with Crippen molar-refractivity contribution in [1.82, 2.24) is 9.55 Å². The molecule has 252 valence electrons. The van der Waals surface area contributed by atoms with Gasteiger partial charge < -0.3 is 4.57 Å². The van der Waals surface area contributed by atoms with E-state index in [1.807, 2.05) is 18.5 Å². The van der Waals surface area contributed by atoms with E-state index in [1.165, 1.54) is 53.7 Å². The Bertz CT molecular complexity index is 2940. The molecule has 0 spiro atoms. The number of para-hydroxylation sites is 2. The molecule has 0 amide bonds. The van der Waals surface area contributed by atoms with Crippen LogP contribution in [-0.2, 0) is 0 Å². The first-order chi connectivity index (χ1) is 26.8. The Morgan fingerprint density at radius 3 is 1.57 bits per heavy atom. The number of nitrogens with zero attached hydrogens (tertiary/aromatic N) is 2. The van der Waals surface area contributed by atoms with E-state index in [4.69, 9.17) is 0 Å². The van der Waals surface area contributed by atoms with Crippen molar-refractivity contribution in [3.8, 4) is 28.3 Å². The highest BCUT2D eigenvalue weighted by Gasteiger charge is 2.39. The summed E-state index contributed by atoms with van der Waals surface area (Å²) >= 11 is 0. The number of fused-ring (bicyclic) bond motifs is 5. The van der Waals surface area contributed by atoms with Crippen molar-refractivity contribution in [2.45, 2.75) is 0 Å². The molecule has 2 nitrogen and oxygen atoms in total. The first-order valence-corrected chi connectivity index (χ1v) is 20.4. The zero-order valence-electron chi connectivity index (χ0n) is 29.5. The molecule has 8 aromatic carbocycles. The highest BCUT2D eigenvalue weighted by molar-refractivity contribution is 7.17. The number of aromatic nitrogens is 2. The number of rotatable bonds is 5. The molecule has 0 unspecified atom stereocenters. The molecular formula is C51H34N2Si. The maximum Gasteiger partial charge on any atom is 0.230 e. The van der Waals surface area contributed by atoms with Crippen molar-refractivity contribution in [3.63, 3.8) is 0 Å². The predicted octanol–water partition coefficient (Wildman–Crippen LogP) is 10.2. The lowest BCUT2D eigenvalue weighted by atomic mass is 9.89. The first-order valence-electron chi connectivity index (χ1n) is 18.4. The van der Waals surface area contributed by atoms with E-state index in [1.54, 1.807) is 0 Å². The van der Waals surface area contributed by atoms with Crippen molar-refractivity contribution < 1.29 is 0 Å². The Labute approximate surface area is 315 Å². The van der Waals surface area contributed by atoms with Crippen molar-refractivity contribution in [2.24, 2.45) is 0 Å². The van der Waals surface area contributed by atoms with Gasteiger partial charge in [-0.05, 0) is 73.0 Å². The van der Waals surface area contributed by atoms with Crippen LogP contribution in [-0.4, -0.2) is 17.6 Å². The average Bonchev–Trinajstić information content (AvgIpc) is 3.59. The Kier molecular flexibility index (Phi) is 7.76. The molecule has 0 aliphatic heterocycles. The standard InChI is InChI=1S/C51H34N2Si/c1-4-18-38(19-5-1)53-49-29-15-14-26-45(49)48-35-41(30-31-50(48)53)54(39-20-6-2-7-21-39,40-22-8-3-9-23-40)34-32-44-42-24-10-12-27-46(42)51(37-17-16-33-52-36-37)47-28-13-11-25-43(44)47/h1-31,33,35-36H. The van der Waals surface area contributed by atoms with Crippen LogP contribution in [0.3, 0.4) is 0 Å². The Hall–Kier alpha value is -6.99. The van der Waals surface area contributed by atoms with Crippen LogP contribution in [0.1, 0.15) is 5.56 Å². The van der Waals surface area contributed by atoms with Gasteiger partial charge in [0.2, 0.25) is 8.07 Å². The fraction of sp³-hybridized carbons (Fsp3) is 0. The summed E-state index contributed by atoms with van der Waals surface area (Å²) in [7, 11) is -3.01. The number of hydrogen-bond acceptors (Lipinski definition) is 1. The van der Waals surface area contributed by atoms with Crippen LogP contribution in [0.15, 0.2) is 207 Å². The van der Waals surface area contributed by atoms with Crippen LogP contribution in [0.25, 0.3) is 60.2 Å². The van der Waals surface area contributed by atoms with Crippen LogP contribution < -0.4 is 15.6 Å². The van der Waals surface area contributed by atoms with Crippen LogP contribution in [0.5, 0.6) is 0 Å². The summed E-state index contributed by atoms with van der Waals surface area (Å²) in [5.74, 6) is 3.95. The highest BCUT2D eigenvalue weighted by atomic mass is 28.3. The lowest BCUT2D eigenvalue weighted by Crippen LogP contribution is -2.66. The summed E-state index contributed by atoms with van der Waals surface area (Å²) in [6.45, 7) is 0. The van der Waals surface area contributed by atoms with E-state index in [2.05, 4.69) is 209 Å². The molecule has 2 heterocycles. The van der Waals surface area contributed by atoms with Gasteiger partial charge in [0.25, 0.3) is 0 Å². The third kappa shape index (κ3) is 5.08. The smallest absolute Gasteiger partial charge is 0.230 e. The average molecular weight is 703 g/mol. The van der Waals surface area contributed by atoms with Gasteiger partial charge in [-0.3, -0.25) is 4.98 Å². The largest absolute Gasteiger partial charge is 0.309 e. The molecule has 0 aliphatic carbocycles. The summed E-state index contributed by atoms with van der Waals surface area (Å²) in [6, 6.07) is 70.1. The zero-order chi connectivity index (χ0) is 35.9. The quantitative estimate of drug-likeness (QED) is 0.0756. The molecule has 2 aromatic heterocycles. The van der Waals surface area contributed by atoms with Crippen LogP contribution in [0.4, 0.5) is 0 Å². The van der Waals surface area contributed by atoms with E-state index in [0.29, 0.717) is 0 Å². The minimum Gasteiger partial charge on any atom is -0.309 e. The van der Waals surface area contributed by atoms with Crippen LogP contribution in [0, 0.1) is 11.5 Å². The van der Waals surface area contributed by atoms with E-state index in [-0.39, 0.29) is 0 Å². The second-order valence-electron chi connectivity index (χ2n) is 13.7. The SMILES string of the molecule is C(#C[Si](c1ccccc1)(c1ccccc1)c1ccc2c(c1)c1ccccc1n2-c1ccccc1)c1c2ccccc2c(-c2cccnc2)c2ccccc12. The summed E-state index contributed by atoms with van der Waals surface area (Å²) in [5.41, 5.74) is 11.0. The monoisotopic (exact) mass is 702 g/mol. The molecule has 10 aromatic rings. The predicted molar refractivity (Wildman–Crippen MR) is 230 cm³/mol. The number of benzene rings is 8. The highest BCUT2D eigenvalue weighted by Crippen LogP contribution is 2.39. The van der Waals surface area contributed by atoms with Gasteiger partial charge in [-0.25, -0.2) is 0 Å². The summed E-state index contributed by atoms with van der Waals surface area (Å²) in [6.07, 6.45) is 3.80. The molecule has 54 heavy (non-hydrogen) atoms. The summed E-state index contributed by atoms with van der Waals surface area (Å²) in [5, 5.41) is 10.9. The van der Waals surface area contributed by atoms with Crippen molar-refractivity contribution >= 4 is 67.0 Å². The van der Waals surface area contributed by atoms with E-state index in [0.717, 1.165) is 27.6 Å². The molecule has 0 radical (unpaired) electrons. The Morgan fingerprint density at radius 2 is 0.963 bits per heavy atom. The first kappa shape index (κ1) is 31.7. The van der Waals surface area contributed by atoms with Gasteiger partial charge >= 0.3 is 0 Å². The lowest BCUT2D eigenvalue weighted by molar-refractivity contribution is 1.18. The minimum absolute atomic E-state index is 1.05. The van der Waals surface area contributed by atoms with E-state index >= 15 is 0 Å². The van der Waals surface area contributed by atoms with Gasteiger partial charge in [0.1, 0.15) is 0 Å². The Balaban J connectivity index is 1.30. The molecule has 3 heteroatoms. The Morgan fingerprint density at radius 1 is 0.426 bits per heavy atom. The fourth-order valence-corrected chi connectivity index (χ4v) is 12.2. The summed E-state index contributed by atoms with van der Waals surface area (Å²) in [4.78, 5) is 4.50. The molecule has 0 aliphatic rings. The topological polar surface area (TPSA) is 17.8 Å². The summed E-state index contributed by atoms with van der Waals surface area (Å²) < 4.78 is 2.39.